The van der Waals surface area contributed by atoms with Crippen LogP contribution in [0.1, 0.15) is 6.92 Å². The van der Waals surface area contributed by atoms with Gasteiger partial charge in [-0.1, -0.05) is 0 Å². The molecule has 0 aromatic heterocycles. The maximum absolute atomic E-state index is 12.8. The largest absolute Gasteiger partial charge is 0.420 e. The summed E-state index contributed by atoms with van der Waals surface area (Å²) in [5.41, 5.74) is 0. The molecule has 0 saturated carbocycles. The molecule has 0 rings (SSSR count). The Morgan fingerprint density at radius 1 is 1.00 bits per heavy atom. The Bertz CT molecular complexity index is 256. The van der Waals surface area contributed by atoms with Gasteiger partial charge >= 0.3 is 12.1 Å². The molecule has 0 aromatic rings. The lowest BCUT2D eigenvalue weighted by Crippen LogP contribution is -2.53. The van der Waals surface area contributed by atoms with Crippen LogP contribution >= 0.6 is 0 Å². The molecule has 0 saturated heterocycles. The summed E-state index contributed by atoms with van der Waals surface area (Å²) in [6.07, 6.45) is -13.7. The Labute approximate surface area is 95.9 Å². The van der Waals surface area contributed by atoms with Gasteiger partial charge in [0.25, 0.3) is 5.92 Å². The summed E-state index contributed by atoms with van der Waals surface area (Å²) in [7, 11) is 0. The molecular formula is C8H9F9O. The summed E-state index contributed by atoms with van der Waals surface area (Å²) in [5.74, 6) is -9.11. The van der Waals surface area contributed by atoms with Crippen LogP contribution in [0.15, 0.2) is 0 Å². The van der Waals surface area contributed by atoms with E-state index in [1.54, 1.807) is 0 Å². The quantitative estimate of drug-likeness (QED) is 0.680. The van der Waals surface area contributed by atoms with Crippen LogP contribution < -0.4 is 0 Å². The summed E-state index contributed by atoms with van der Waals surface area (Å²) >= 11 is 0. The van der Waals surface area contributed by atoms with Crippen LogP contribution in [0.4, 0.5) is 39.5 Å². The number of hydrogen-bond acceptors (Lipinski definition) is 1. The average molecular weight is 292 g/mol. The first-order chi connectivity index (χ1) is 7.82. The van der Waals surface area contributed by atoms with Gasteiger partial charge in [0.05, 0.1) is 0 Å². The monoisotopic (exact) mass is 292 g/mol. The highest BCUT2D eigenvalue weighted by atomic mass is 19.4. The zero-order chi connectivity index (χ0) is 14.8. The highest BCUT2D eigenvalue weighted by Gasteiger charge is 2.61. The van der Waals surface area contributed by atoms with Crippen LogP contribution in [0, 0.1) is 0 Å². The average Bonchev–Trinajstić information content (AvgIpc) is 2.11. The van der Waals surface area contributed by atoms with Crippen molar-refractivity contribution >= 4 is 0 Å². The van der Waals surface area contributed by atoms with Gasteiger partial charge in [-0.3, -0.25) is 0 Å². The number of hydrogen-bond donors (Lipinski definition) is 0. The lowest BCUT2D eigenvalue weighted by molar-refractivity contribution is -0.307. The first-order valence-corrected chi connectivity index (χ1v) is 4.46. The molecule has 1 nitrogen and oxygen atoms in total. The highest BCUT2D eigenvalue weighted by Crippen LogP contribution is 2.38. The Hall–Kier alpha value is -0.670. The maximum Gasteiger partial charge on any atom is 0.420 e. The van der Waals surface area contributed by atoms with Crippen molar-refractivity contribution in [3.63, 3.8) is 0 Å². The SMILES string of the molecule is CC(F)(F)COC(C(F)(F)F)C(F)(F)C(F)CF. The molecule has 0 aliphatic carbocycles. The molecule has 2 atom stereocenters. The smallest absolute Gasteiger partial charge is 0.357 e. The molecule has 0 radical (unpaired) electrons. The minimum atomic E-state index is -5.81. The van der Waals surface area contributed by atoms with Gasteiger partial charge in [-0.25, -0.2) is 17.6 Å². The third-order valence-electron chi connectivity index (χ3n) is 1.70. The summed E-state index contributed by atoms with van der Waals surface area (Å²) in [5, 5.41) is 0. The van der Waals surface area contributed by atoms with E-state index >= 15 is 0 Å². The van der Waals surface area contributed by atoms with E-state index in [4.69, 9.17) is 0 Å². The summed E-state index contributed by atoms with van der Waals surface area (Å²) in [6.45, 7) is -4.27. The molecule has 110 valence electrons. The number of rotatable bonds is 6. The molecular weight excluding hydrogens is 283 g/mol. The predicted molar refractivity (Wildman–Crippen MR) is 42.2 cm³/mol. The van der Waals surface area contributed by atoms with E-state index in [-0.39, 0.29) is 6.92 Å². The van der Waals surface area contributed by atoms with E-state index in [0.717, 1.165) is 0 Å². The van der Waals surface area contributed by atoms with Crippen molar-refractivity contribution in [2.45, 2.75) is 37.2 Å². The number of halogens is 9. The van der Waals surface area contributed by atoms with Crippen molar-refractivity contribution in [2.24, 2.45) is 0 Å². The fourth-order valence-electron chi connectivity index (χ4n) is 0.921. The van der Waals surface area contributed by atoms with Gasteiger partial charge < -0.3 is 4.74 Å². The van der Waals surface area contributed by atoms with Gasteiger partial charge in [0.2, 0.25) is 6.10 Å². The topological polar surface area (TPSA) is 9.23 Å². The van der Waals surface area contributed by atoms with Crippen LogP contribution in [-0.4, -0.2) is 43.6 Å². The van der Waals surface area contributed by atoms with Crippen LogP contribution in [0.5, 0.6) is 0 Å². The lowest BCUT2D eigenvalue weighted by atomic mass is 10.1. The fourth-order valence-corrected chi connectivity index (χ4v) is 0.921. The minimum Gasteiger partial charge on any atom is -0.357 e. The summed E-state index contributed by atoms with van der Waals surface area (Å²) in [4.78, 5) is 0. The third-order valence-corrected chi connectivity index (χ3v) is 1.70. The molecule has 0 aliphatic rings. The second-order valence-corrected chi connectivity index (χ2v) is 3.60. The molecule has 0 N–H and O–H groups in total. The molecule has 0 amide bonds. The van der Waals surface area contributed by atoms with Crippen LogP contribution in [0.25, 0.3) is 0 Å². The minimum absolute atomic E-state index is 0.126. The van der Waals surface area contributed by atoms with Crippen molar-refractivity contribution in [1.82, 2.24) is 0 Å². The predicted octanol–water partition coefficient (Wildman–Crippen LogP) is 3.53. The standard InChI is InChI=1S/C8H9F9O/c1-6(11,12)3-18-5(8(15,16)17)7(13,14)4(10)2-9/h4-5H,2-3H2,1H3. The van der Waals surface area contributed by atoms with E-state index in [0.29, 0.717) is 0 Å². The third kappa shape index (κ3) is 4.91. The van der Waals surface area contributed by atoms with Crippen LogP contribution in [0.2, 0.25) is 0 Å². The molecule has 0 spiro atoms. The van der Waals surface area contributed by atoms with Crippen LogP contribution in [-0.2, 0) is 4.74 Å². The van der Waals surface area contributed by atoms with E-state index in [1.807, 2.05) is 0 Å². The van der Waals surface area contributed by atoms with Crippen molar-refractivity contribution in [3.8, 4) is 0 Å². The number of ether oxygens (including phenoxy) is 1. The first-order valence-electron chi connectivity index (χ1n) is 4.46. The molecule has 10 heteroatoms. The molecule has 2 unspecified atom stereocenters. The Morgan fingerprint density at radius 2 is 1.44 bits per heavy atom. The normalized spacial score (nSPS) is 17.7. The van der Waals surface area contributed by atoms with E-state index in [1.165, 1.54) is 0 Å². The van der Waals surface area contributed by atoms with Crippen molar-refractivity contribution in [3.05, 3.63) is 0 Å². The van der Waals surface area contributed by atoms with Gasteiger partial charge in [-0.15, -0.1) is 0 Å². The fraction of sp³-hybridized carbons (Fsp3) is 1.00. The van der Waals surface area contributed by atoms with E-state index in [9.17, 15) is 39.5 Å². The van der Waals surface area contributed by atoms with Crippen LogP contribution in [0.3, 0.4) is 0 Å². The number of alkyl halides is 9. The van der Waals surface area contributed by atoms with Crippen molar-refractivity contribution in [2.75, 3.05) is 13.3 Å². The van der Waals surface area contributed by atoms with Crippen molar-refractivity contribution < 1.29 is 44.3 Å². The van der Waals surface area contributed by atoms with Gasteiger partial charge in [0.15, 0.2) is 6.17 Å². The Morgan fingerprint density at radius 3 is 1.72 bits per heavy atom. The summed E-state index contributed by atoms with van der Waals surface area (Å²) in [6, 6.07) is 0. The molecule has 0 aromatic carbocycles. The molecule has 18 heavy (non-hydrogen) atoms. The molecule has 0 aliphatic heterocycles. The second kappa shape index (κ2) is 5.54. The Balaban J connectivity index is 5.02. The van der Waals surface area contributed by atoms with Gasteiger partial charge in [-0.2, -0.15) is 22.0 Å². The zero-order valence-corrected chi connectivity index (χ0v) is 8.88. The first kappa shape index (κ1) is 17.3. The second-order valence-electron chi connectivity index (χ2n) is 3.60. The maximum atomic E-state index is 12.8. The molecule has 0 fully saturated rings. The Kier molecular flexibility index (Phi) is 5.33. The molecule has 0 heterocycles. The van der Waals surface area contributed by atoms with Gasteiger partial charge in [-0.05, 0) is 0 Å². The van der Waals surface area contributed by atoms with Crippen molar-refractivity contribution in [1.29, 1.82) is 0 Å². The van der Waals surface area contributed by atoms with E-state index in [2.05, 4.69) is 4.74 Å². The van der Waals surface area contributed by atoms with Gasteiger partial charge in [0.1, 0.15) is 13.3 Å². The van der Waals surface area contributed by atoms with E-state index < -0.39 is 43.6 Å². The summed E-state index contributed by atoms with van der Waals surface area (Å²) < 4.78 is 114. The van der Waals surface area contributed by atoms with Gasteiger partial charge in [0, 0.05) is 6.92 Å². The lowest BCUT2D eigenvalue weighted by Gasteiger charge is -2.30. The zero-order valence-electron chi connectivity index (χ0n) is 8.88. The molecule has 0 bridgehead atoms. The highest BCUT2D eigenvalue weighted by molar-refractivity contribution is 4.90.